The molecule has 2 heteroatoms. The second kappa shape index (κ2) is 4.63. The smallest absolute Gasteiger partial charge is 0.0226 e. The number of nitrogens with zero attached hydrogens (tertiary/aromatic N) is 1. The quantitative estimate of drug-likeness (QED) is 0.725. The molecule has 0 saturated carbocycles. The van der Waals surface area contributed by atoms with Crippen LogP contribution >= 0.6 is 0 Å². The summed E-state index contributed by atoms with van der Waals surface area (Å²) >= 11 is 0. The summed E-state index contributed by atoms with van der Waals surface area (Å²) in [7, 11) is 0. The molecule has 0 aromatic rings. The Morgan fingerprint density at radius 2 is 2.14 bits per heavy atom. The Labute approximate surface area is 88.1 Å². The molecule has 2 rings (SSSR count). The molecule has 0 aromatic carbocycles. The summed E-state index contributed by atoms with van der Waals surface area (Å²) < 4.78 is 0. The molecular weight excluding hydrogens is 172 g/mol. The van der Waals surface area contributed by atoms with Gasteiger partial charge in [-0.15, -0.1) is 0 Å². The van der Waals surface area contributed by atoms with Crippen molar-refractivity contribution >= 4 is 0 Å². The van der Waals surface area contributed by atoms with Crippen molar-refractivity contribution in [2.75, 3.05) is 19.6 Å². The van der Waals surface area contributed by atoms with Crippen LogP contribution in [0.1, 0.15) is 39.5 Å². The van der Waals surface area contributed by atoms with Gasteiger partial charge in [-0.3, -0.25) is 4.90 Å². The first kappa shape index (κ1) is 10.4. The Morgan fingerprint density at radius 3 is 2.93 bits per heavy atom. The monoisotopic (exact) mass is 196 g/mol. The van der Waals surface area contributed by atoms with Gasteiger partial charge in [-0.25, -0.2) is 0 Å². The zero-order chi connectivity index (χ0) is 9.97. The van der Waals surface area contributed by atoms with Gasteiger partial charge in [0.1, 0.15) is 0 Å². The van der Waals surface area contributed by atoms with Gasteiger partial charge < -0.3 is 5.32 Å². The van der Waals surface area contributed by atoms with Gasteiger partial charge in [-0.1, -0.05) is 20.3 Å². The maximum atomic E-state index is 3.60. The van der Waals surface area contributed by atoms with Crippen molar-refractivity contribution in [3.05, 3.63) is 0 Å². The summed E-state index contributed by atoms with van der Waals surface area (Å²) in [5.74, 6) is 0.836. The fourth-order valence-electron chi connectivity index (χ4n) is 3.02. The normalized spacial score (nSPS) is 34.5. The van der Waals surface area contributed by atoms with Gasteiger partial charge >= 0.3 is 0 Å². The van der Waals surface area contributed by atoms with E-state index in [2.05, 4.69) is 24.1 Å². The molecule has 0 bridgehead atoms. The van der Waals surface area contributed by atoms with Gasteiger partial charge in [-0.2, -0.15) is 0 Å². The molecule has 0 aromatic heterocycles. The van der Waals surface area contributed by atoms with Gasteiger partial charge in [0, 0.05) is 25.2 Å². The average Bonchev–Trinajstić information content (AvgIpc) is 2.18. The minimum absolute atomic E-state index is 0.814. The van der Waals surface area contributed by atoms with Crippen LogP contribution in [0, 0.1) is 5.92 Å². The van der Waals surface area contributed by atoms with E-state index in [9.17, 15) is 0 Å². The first-order chi connectivity index (χ1) is 6.77. The first-order valence-electron chi connectivity index (χ1n) is 6.24. The maximum absolute atomic E-state index is 3.60. The van der Waals surface area contributed by atoms with Crippen LogP contribution in [0.4, 0.5) is 0 Å². The summed E-state index contributed by atoms with van der Waals surface area (Å²) in [6.07, 6.45) is 5.65. The summed E-state index contributed by atoms with van der Waals surface area (Å²) in [5.41, 5.74) is 0. The molecule has 2 heterocycles. The van der Waals surface area contributed by atoms with Crippen molar-refractivity contribution in [3.8, 4) is 0 Å². The van der Waals surface area contributed by atoms with Crippen LogP contribution < -0.4 is 5.32 Å². The van der Waals surface area contributed by atoms with Crippen molar-refractivity contribution in [2.24, 2.45) is 5.92 Å². The lowest BCUT2D eigenvalue weighted by atomic mass is 9.93. The average molecular weight is 196 g/mol. The Kier molecular flexibility index (Phi) is 3.45. The predicted molar refractivity (Wildman–Crippen MR) is 60.5 cm³/mol. The van der Waals surface area contributed by atoms with Crippen molar-refractivity contribution < 1.29 is 0 Å². The second-order valence-corrected chi connectivity index (χ2v) is 5.33. The molecule has 2 fully saturated rings. The Bertz CT molecular complexity index is 177. The molecule has 2 aliphatic rings. The highest BCUT2D eigenvalue weighted by Crippen LogP contribution is 2.24. The predicted octanol–water partition coefficient (Wildman–Crippen LogP) is 1.86. The van der Waals surface area contributed by atoms with Gasteiger partial charge in [0.05, 0.1) is 0 Å². The third-order valence-electron chi connectivity index (χ3n) is 3.65. The van der Waals surface area contributed by atoms with Crippen LogP contribution in [-0.4, -0.2) is 36.6 Å². The highest BCUT2D eigenvalue weighted by atomic mass is 15.3. The molecule has 0 spiro atoms. The molecule has 2 saturated heterocycles. The Morgan fingerprint density at radius 1 is 1.29 bits per heavy atom. The molecule has 0 amide bonds. The van der Waals surface area contributed by atoms with Gasteiger partial charge in [-0.05, 0) is 31.7 Å². The molecular formula is C12H24N2. The molecule has 2 aliphatic heterocycles. The standard InChI is InChI=1S/C12H24N2/c1-10(2)7-12-9-13-8-11-5-3-4-6-14(11)12/h10-13H,3-9H2,1-2H3. The number of piperidine rings is 1. The molecule has 1 N–H and O–H groups in total. The van der Waals surface area contributed by atoms with Crippen molar-refractivity contribution in [2.45, 2.75) is 51.6 Å². The minimum Gasteiger partial charge on any atom is -0.314 e. The molecule has 2 unspecified atom stereocenters. The fourth-order valence-corrected chi connectivity index (χ4v) is 3.02. The minimum atomic E-state index is 0.814. The van der Waals surface area contributed by atoms with Crippen molar-refractivity contribution in [1.29, 1.82) is 0 Å². The molecule has 82 valence electrons. The van der Waals surface area contributed by atoms with E-state index in [-0.39, 0.29) is 0 Å². The van der Waals surface area contributed by atoms with Crippen LogP contribution in [-0.2, 0) is 0 Å². The first-order valence-corrected chi connectivity index (χ1v) is 6.24. The van der Waals surface area contributed by atoms with Crippen LogP contribution in [0.2, 0.25) is 0 Å². The largest absolute Gasteiger partial charge is 0.314 e. The van der Waals surface area contributed by atoms with Crippen LogP contribution in [0.3, 0.4) is 0 Å². The highest BCUT2D eigenvalue weighted by molar-refractivity contribution is 4.90. The zero-order valence-corrected chi connectivity index (χ0v) is 9.63. The summed E-state index contributed by atoms with van der Waals surface area (Å²) in [6, 6.07) is 1.66. The van der Waals surface area contributed by atoms with Gasteiger partial charge in [0.15, 0.2) is 0 Å². The summed E-state index contributed by atoms with van der Waals surface area (Å²) in [6.45, 7) is 8.48. The van der Waals surface area contributed by atoms with E-state index in [1.54, 1.807) is 0 Å². The zero-order valence-electron chi connectivity index (χ0n) is 9.63. The van der Waals surface area contributed by atoms with Crippen molar-refractivity contribution in [3.63, 3.8) is 0 Å². The van der Waals surface area contributed by atoms with Gasteiger partial charge in [0.2, 0.25) is 0 Å². The lowest BCUT2D eigenvalue weighted by molar-refractivity contribution is 0.0542. The van der Waals surface area contributed by atoms with Crippen LogP contribution in [0.15, 0.2) is 0 Å². The molecule has 0 radical (unpaired) electrons. The third-order valence-corrected chi connectivity index (χ3v) is 3.65. The van der Waals surface area contributed by atoms with E-state index < -0.39 is 0 Å². The number of rotatable bonds is 2. The molecule has 2 nitrogen and oxygen atoms in total. The summed E-state index contributed by atoms with van der Waals surface area (Å²) in [5, 5.41) is 3.60. The fraction of sp³-hybridized carbons (Fsp3) is 1.00. The van der Waals surface area contributed by atoms with E-state index in [0.717, 1.165) is 18.0 Å². The second-order valence-electron chi connectivity index (χ2n) is 5.33. The molecule has 2 atom stereocenters. The number of nitrogens with one attached hydrogen (secondary N) is 1. The highest BCUT2D eigenvalue weighted by Gasteiger charge is 2.31. The lowest BCUT2D eigenvalue weighted by Crippen LogP contribution is -2.59. The number of piperazine rings is 1. The van der Waals surface area contributed by atoms with Crippen molar-refractivity contribution in [1.82, 2.24) is 10.2 Å². The van der Waals surface area contributed by atoms with Crippen LogP contribution in [0.25, 0.3) is 0 Å². The van der Waals surface area contributed by atoms with E-state index in [0.29, 0.717) is 0 Å². The maximum Gasteiger partial charge on any atom is 0.0226 e. The third kappa shape index (κ3) is 2.29. The number of hydrogen-bond donors (Lipinski definition) is 1. The molecule has 14 heavy (non-hydrogen) atoms. The van der Waals surface area contributed by atoms with Gasteiger partial charge in [0.25, 0.3) is 0 Å². The lowest BCUT2D eigenvalue weighted by Gasteiger charge is -2.46. The Hall–Kier alpha value is -0.0800. The van der Waals surface area contributed by atoms with E-state index >= 15 is 0 Å². The summed E-state index contributed by atoms with van der Waals surface area (Å²) in [4.78, 5) is 2.78. The topological polar surface area (TPSA) is 15.3 Å². The van der Waals surface area contributed by atoms with E-state index in [4.69, 9.17) is 0 Å². The van der Waals surface area contributed by atoms with E-state index in [1.807, 2.05) is 0 Å². The van der Waals surface area contributed by atoms with Crippen LogP contribution in [0.5, 0.6) is 0 Å². The molecule has 0 aliphatic carbocycles. The van der Waals surface area contributed by atoms with E-state index in [1.165, 1.54) is 45.3 Å². The number of fused-ring (bicyclic) bond motifs is 1. The SMILES string of the molecule is CC(C)CC1CNCC2CCCCN21. The Balaban J connectivity index is 1.94. The number of hydrogen-bond acceptors (Lipinski definition) is 2.